The van der Waals surface area contributed by atoms with Crippen LogP contribution >= 0.6 is 0 Å². The molecule has 3 aromatic rings. The molecule has 0 saturated heterocycles. The summed E-state index contributed by atoms with van der Waals surface area (Å²) in [6, 6.07) is 17.5. The summed E-state index contributed by atoms with van der Waals surface area (Å²) in [7, 11) is 0. The van der Waals surface area contributed by atoms with Crippen molar-refractivity contribution < 1.29 is 26.6 Å². The quantitative estimate of drug-likeness (QED) is 0.299. The van der Waals surface area contributed by atoms with Crippen LogP contribution in [0.15, 0.2) is 71.3 Å². The second-order valence-electron chi connectivity index (χ2n) is 8.83. The topological polar surface area (TPSA) is 80.0 Å². The summed E-state index contributed by atoms with van der Waals surface area (Å²) < 4.78 is 29.7. The SMILES string of the molecule is [2H]C([2H])(c1ccccc1OCCCCCC(=O)O)N(C(=O)c1ccc(-c2ccco2)cc1)C1CCCC1. The molecule has 6 heteroatoms. The number of carboxylic acids is 1. The van der Waals surface area contributed by atoms with Gasteiger partial charge < -0.3 is 19.2 Å². The molecular formula is C29H33NO5. The zero-order chi connectivity index (χ0) is 26.3. The highest BCUT2D eigenvalue weighted by molar-refractivity contribution is 5.95. The highest BCUT2D eigenvalue weighted by Crippen LogP contribution is 2.30. The van der Waals surface area contributed by atoms with E-state index >= 15 is 0 Å². The number of unbranched alkanes of at least 4 members (excludes halogenated alkanes) is 2. The Labute approximate surface area is 209 Å². The molecule has 4 rings (SSSR count). The summed E-state index contributed by atoms with van der Waals surface area (Å²) in [4.78, 5) is 25.9. The second kappa shape index (κ2) is 12.2. The van der Waals surface area contributed by atoms with Crippen LogP contribution in [-0.2, 0) is 11.3 Å². The first kappa shape index (κ1) is 22.0. The lowest BCUT2D eigenvalue weighted by molar-refractivity contribution is -0.137. The molecule has 0 unspecified atom stereocenters. The molecule has 1 heterocycles. The summed E-state index contributed by atoms with van der Waals surface area (Å²) in [5.41, 5.74) is 1.58. The van der Waals surface area contributed by atoms with Crippen LogP contribution in [0.1, 0.15) is 70.0 Å². The number of carboxylic acid groups (broad SMARTS) is 1. The van der Waals surface area contributed by atoms with Gasteiger partial charge in [0, 0.05) is 35.6 Å². The van der Waals surface area contributed by atoms with Gasteiger partial charge in [0.05, 0.1) is 15.6 Å². The standard InChI is InChI=1S/C29H33NO5/c31-28(32)14-2-1-7-19-34-27-12-6-3-9-24(27)21-30(25-10-4-5-11-25)29(33)23-17-15-22(16-18-23)26-13-8-20-35-26/h3,6,8-9,12-13,15-18,20,25H,1-2,4-5,7,10-11,14,19,21H2,(H,31,32)/i21D2. The van der Waals surface area contributed by atoms with Crippen LogP contribution < -0.4 is 4.74 Å². The van der Waals surface area contributed by atoms with Crippen molar-refractivity contribution in [2.75, 3.05) is 6.61 Å². The molecule has 35 heavy (non-hydrogen) atoms. The van der Waals surface area contributed by atoms with Crippen molar-refractivity contribution in [3.8, 4) is 17.1 Å². The molecule has 0 bridgehead atoms. The first-order chi connectivity index (χ1) is 17.9. The molecule has 184 valence electrons. The highest BCUT2D eigenvalue weighted by atomic mass is 16.5. The lowest BCUT2D eigenvalue weighted by atomic mass is 10.1. The number of para-hydroxylation sites is 1. The van der Waals surface area contributed by atoms with Crippen molar-refractivity contribution >= 4 is 11.9 Å². The van der Waals surface area contributed by atoms with Gasteiger partial charge >= 0.3 is 5.97 Å². The van der Waals surface area contributed by atoms with Gasteiger partial charge in [-0.15, -0.1) is 0 Å². The van der Waals surface area contributed by atoms with Crippen LogP contribution in [0.3, 0.4) is 0 Å². The van der Waals surface area contributed by atoms with Gasteiger partial charge in [-0.05, 0) is 62.4 Å². The number of benzene rings is 2. The minimum Gasteiger partial charge on any atom is -0.493 e. The van der Waals surface area contributed by atoms with Crippen molar-refractivity contribution in [3.05, 3.63) is 78.1 Å². The van der Waals surface area contributed by atoms with Crippen LogP contribution in [0.2, 0.25) is 0 Å². The fraction of sp³-hybridized carbons (Fsp3) is 0.379. The number of hydrogen-bond acceptors (Lipinski definition) is 4. The molecule has 1 fully saturated rings. The number of carbonyl (C=O) groups is 2. The minimum atomic E-state index is -2.09. The van der Waals surface area contributed by atoms with E-state index in [0.29, 0.717) is 48.5 Å². The van der Waals surface area contributed by atoms with Crippen LogP contribution in [0.5, 0.6) is 5.75 Å². The number of aliphatic carboxylic acids is 1. The third-order valence-corrected chi connectivity index (χ3v) is 6.27. The third-order valence-electron chi connectivity index (χ3n) is 6.27. The number of nitrogens with zero attached hydrogens (tertiary/aromatic N) is 1. The zero-order valence-corrected chi connectivity index (χ0v) is 19.8. The third kappa shape index (κ3) is 6.75. The summed E-state index contributed by atoms with van der Waals surface area (Å²) in [6.07, 6.45) is 7.09. The number of furan rings is 1. The molecule has 6 nitrogen and oxygen atoms in total. The van der Waals surface area contributed by atoms with Crippen LogP contribution in [0.25, 0.3) is 11.3 Å². The van der Waals surface area contributed by atoms with Crippen molar-refractivity contribution in [1.29, 1.82) is 0 Å². The van der Waals surface area contributed by atoms with Gasteiger partial charge in [-0.3, -0.25) is 9.59 Å². The van der Waals surface area contributed by atoms with Gasteiger partial charge in [0.2, 0.25) is 0 Å². The van der Waals surface area contributed by atoms with Crippen molar-refractivity contribution in [3.63, 3.8) is 0 Å². The molecule has 1 N–H and O–H groups in total. The van der Waals surface area contributed by atoms with E-state index in [1.807, 2.05) is 18.2 Å². The van der Waals surface area contributed by atoms with E-state index in [1.54, 1.807) is 48.7 Å². The summed E-state index contributed by atoms with van der Waals surface area (Å²) >= 11 is 0. The average Bonchev–Trinajstić information content (AvgIpc) is 3.61. The summed E-state index contributed by atoms with van der Waals surface area (Å²) in [5.74, 6) is -0.0659. The van der Waals surface area contributed by atoms with Crippen molar-refractivity contribution in [2.45, 2.75) is 63.9 Å². The monoisotopic (exact) mass is 477 g/mol. The molecule has 1 aliphatic carbocycles. The fourth-order valence-electron chi connectivity index (χ4n) is 4.38. The Hall–Kier alpha value is -3.54. The number of amides is 1. The van der Waals surface area contributed by atoms with Crippen LogP contribution in [-0.4, -0.2) is 34.5 Å². The maximum Gasteiger partial charge on any atom is 0.303 e. The average molecular weight is 478 g/mol. The molecular weight excluding hydrogens is 442 g/mol. The van der Waals surface area contributed by atoms with Crippen molar-refractivity contribution in [1.82, 2.24) is 4.90 Å². The van der Waals surface area contributed by atoms with Crippen LogP contribution in [0, 0.1) is 0 Å². The summed E-state index contributed by atoms with van der Waals surface area (Å²) in [5, 5.41) is 8.79. The predicted octanol–water partition coefficient (Wildman–Crippen LogP) is 6.56. The van der Waals surface area contributed by atoms with Gasteiger partial charge in [0.15, 0.2) is 0 Å². The second-order valence-corrected chi connectivity index (χ2v) is 8.83. The molecule has 1 saturated carbocycles. The molecule has 1 aliphatic rings. The van der Waals surface area contributed by atoms with E-state index in [9.17, 15) is 12.3 Å². The first-order valence-electron chi connectivity index (χ1n) is 13.3. The Bertz CT molecular complexity index is 1170. The number of carbonyl (C=O) groups excluding carboxylic acids is 1. The molecule has 0 aliphatic heterocycles. The van der Waals surface area contributed by atoms with E-state index in [1.165, 1.54) is 4.90 Å². The van der Waals surface area contributed by atoms with E-state index in [2.05, 4.69) is 0 Å². The lowest BCUT2D eigenvalue weighted by Crippen LogP contribution is -2.38. The Morgan fingerprint density at radius 3 is 2.49 bits per heavy atom. The fourth-order valence-corrected chi connectivity index (χ4v) is 4.38. The largest absolute Gasteiger partial charge is 0.493 e. The number of hydrogen-bond donors (Lipinski definition) is 1. The molecule has 0 atom stereocenters. The van der Waals surface area contributed by atoms with E-state index in [4.69, 9.17) is 14.3 Å². The molecule has 1 aromatic heterocycles. The normalized spacial score (nSPS) is 14.9. The molecule has 1 amide bonds. The summed E-state index contributed by atoms with van der Waals surface area (Å²) in [6.45, 7) is -1.75. The Balaban J connectivity index is 1.55. The Morgan fingerprint density at radius 2 is 1.77 bits per heavy atom. The smallest absolute Gasteiger partial charge is 0.303 e. The minimum absolute atomic E-state index is 0.125. The first-order valence-corrected chi connectivity index (χ1v) is 12.3. The van der Waals surface area contributed by atoms with Gasteiger partial charge in [-0.25, -0.2) is 0 Å². The predicted molar refractivity (Wildman–Crippen MR) is 134 cm³/mol. The number of ether oxygens (including phenoxy) is 1. The molecule has 0 spiro atoms. The highest BCUT2D eigenvalue weighted by Gasteiger charge is 2.28. The van der Waals surface area contributed by atoms with Gasteiger partial charge in [0.25, 0.3) is 5.91 Å². The lowest BCUT2D eigenvalue weighted by Gasteiger charge is -2.30. The van der Waals surface area contributed by atoms with Crippen molar-refractivity contribution in [2.24, 2.45) is 0 Å². The van der Waals surface area contributed by atoms with E-state index < -0.39 is 12.5 Å². The van der Waals surface area contributed by atoms with Gasteiger partial charge in [-0.1, -0.05) is 43.2 Å². The van der Waals surface area contributed by atoms with E-state index in [0.717, 1.165) is 31.2 Å². The Morgan fingerprint density at radius 1 is 1.00 bits per heavy atom. The Kier molecular flexibility index (Phi) is 7.68. The maximum absolute atomic E-state index is 13.8. The van der Waals surface area contributed by atoms with Gasteiger partial charge in [0.1, 0.15) is 11.5 Å². The van der Waals surface area contributed by atoms with E-state index in [-0.39, 0.29) is 18.4 Å². The number of rotatable bonds is 12. The van der Waals surface area contributed by atoms with Gasteiger partial charge in [-0.2, -0.15) is 0 Å². The maximum atomic E-state index is 13.8. The molecule has 2 aromatic carbocycles. The van der Waals surface area contributed by atoms with Crippen LogP contribution in [0.4, 0.5) is 0 Å². The zero-order valence-electron chi connectivity index (χ0n) is 21.8. The molecule has 0 radical (unpaired) electrons.